The Bertz CT molecular complexity index is 599. The third-order valence-corrected chi connectivity index (χ3v) is 5.61. The number of rotatable bonds is 7. The van der Waals surface area contributed by atoms with Gasteiger partial charge in [0.1, 0.15) is 0 Å². The maximum absolute atomic E-state index is 9.34. The highest BCUT2D eigenvalue weighted by Crippen LogP contribution is 2.31. The van der Waals surface area contributed by atoms with Gasteiger partial charge in [0.05, 0.1) is 6.61 Å². The van der Waals surface area contributed by atoms with E-state index in [1.54, 1.807) is 7.05 Å². The second-order valence-corrected chi connectivity index (χ2v) is 7.42. The summed E-state index contributed by atoms with van der Waals surface area (Å²) in [5, 5.41) is 16.2. The van der Waals surface area contributed by atoms with Crippen molar-refractivity contribution in [2.24, 2.45) is 10.4 Å². The first-order valence-electron chi connectivity index (χ1n) is 9.67. The highest BCUT2D eigenvalue weighted by Gasteiger charge is 2.34. The fraction of sp³-hybridized carbons (Fsp3) is 0.650. The number of benzene rings is 1. The van der Waals surface area contributed by atoms with Gasteiger partial charge < -0.3 is 20.5 Å². The molecule has 3 rings (SSSR count). The molecule has 26 heavy (non-hydrogen) atoms. The van der Waals surface area contributed by atoms with Crippen molar-refractivity contribution >= 4 is 5.96 Å². The van der Waals surface area contributed by atoms with Crippen LogP contribution in [0.25, 0.3) is 0 Å². The minimum atomic E-state index is 0.0307. The van der Waals surface area contributed by atoms with Crippen molar-refractivity contribution in [2.75, 3.05) is 53.0 Å². The maximum atomic E-state index is 9.34. The smallest absolute Gasteiger partial charge is 0.191 e. The Morgan fingerprint density at radius 1 is 1.31 bits per heavy atom. The van der Waals surface area contributed by atoms with Crippen LogP contribution in [0.2, 0.25) is 0 Å². The standard InChI is InChI=1S/C20H32N4O2/c1-21-19(23-15-20(7-12-25)8-13-26-16-20)22-9-11-24-10-6-17-4-2-3-5-18(17)14-24/h2-5,25H,6-16H2,1H3,(H2,21,22,23). The minimum absolute atomic E-state index is 0.0307. The molecule has 0 spiro atoms. The molecule has 1 saturated heterocycles. The van der Waals surface area contributed by atoms with E-state index in [0.717, 1.165) is 64.6 Å². The zero-order chi connectivity index (χ0) is 18.2. The number of nitrogens with zero attached hydrogens (tertiary/aromatic N) is 2. The summed E-state index contributed by atoms with van der Waals surface area (Å²) in [5.41, 5.74) is 2.97. The van der Waals surface area contributed by atoms with Crippen LogP contribution in [-0.4, -0.2) is 69.0 Å². The van der Waals surface area contributed by atoms with Crippen molar-refractivity contribution in [1.29, 1.82) is 0 Å². The molecule has 0 bridgehead atoms. The first kappa shape index (κ1) is 19.1. The molecule has 1 aromatic carbocycles. The van der Waals surface area contributed by atoms with Crippen molar-refractivity contribution in [1.82, 2.24) is 15.5 Å². The molecule has 6 nitrogen and oxygen atoms in total. The van der Waals surface area contributed by atoms with Gasteiger partial charge in [0.2, 0.25) is 0 Å². The summed E-state index contributed by atoms with van der Waals surface area (Å²) in [6, 6.07) is 8.73. The lowest BCUT2D eigenvalue weighted by atomic mass is 9.84. The molecule has 3 N–H and O–H groups in total. The Morgan fingerprint density at radius 2 is 2.15 bits per heavy atom. The molecule has 2 aliphatic heterocycles. The zero-order valence-electron chi connectivity index (χ0n) is 15.8. The Morgan fingerprint density at radius 3 is 2.88 bits per heavy atom. The van der Waals surface area contributed by atoms with Crippen LogP contribution >= 0.6 is 0 Å². The molecule has 0 saturated carbocycles. The molecular weight excluding hydrogens is 328 g/mol. The number of ether oxygens (including phenoxy) is 1. The predicted molar refractivity (Wildman–Crippen MR) is 104 cm³/mol. The summed E-state index contributed by atoms with van der Waals surface area (Å²) in [5.74, 6) is 0.826. The summed E-state index contributed by atoms with van der Waals surface area (Å²) in [6.45, 7) is 6.49. The number of aliphatic hydroxyl groups is 1. The Balaban J connectivity index is 1.41. The van der Waals surface area contributed by atoms with Gasteiger partial charge in [-0.1, -0.05) is 24.3 Å². The van der Waals surface area contributed by atoms with Gasteiger partial charge in [-0.15, -0.1) is 0 Å². The van der Waals surface area contributed by atoms with E-state index in [1.807, 2.05) is 0 Å². The largest absolute Gasteiger partial charge is 0.396 e. The highest BCUT2D eigenvalue weighted by molar-refractivity contribution is 5.79. The third kappa shape index (κ3) is 4.96. The van der Waals surface area contributed by atoms with Gasteiger partial charge in [-0.05, 0) is 30.4 Å². The Kier molecular flexibility index (Phi) is 6.88. The van der Waals surface area contributed by atoms with E-state index in [0.29, 0.717) is 6.61 Å². The molecule has 1 unspecified atom stereocenters. The van der Waals surface area contributed by atoms with E-state index in [4.69, 9.17) is 4.74 Å². The van der Waals surface area contributed by atoms with Crippen LogP contribution in [0.4, 0.5) is 0 Å². The second-order valence-electron chi connectivity index (χ2n) is 7.42. The van der Waals surface area contributed by atoms with Crippen LogP contribution in [0, 0.1) is 5.41 Å². The first-order chi connectivity index (χ1) is 12.7. The van der Waals surface area contributed by atoms with Gasteiger partial charge in [0.15, 0.2) is 5.96 Å². The predicted octanol–water partition coefficient (Wildman–Crippen LogP) is 0.999. The van der Waals surface area contributed by atoms with Gasteiger partial charge in [0, 0.05) is 58.4 Å². The summed E-state index contributed by atoms with van der Waals surface area (Å²) in [4.78, 5) is 6.82. The molecule has 144 valence electrons. The van der Waals surface area contributed by atoms with Crippen LogP contribution in [0.5, 0.6) is 0 Å². The molecular formula is C20H32N4O2. The zero-order valence-corrected chi connectivity index (χ0v) is 15.8. The van der Waals surface area contributed by atoms with E-state index < -0.39 is 0 Å². The number of hydrogen-bond acceptors (Lipinski definition) is 4. The quantitative estimate of drug-likeness (QED) is 0.500. The Hall–Kier alpha value is -1.63. The summed E-state index contributed by atoms with van der Waals surface area (Å²) in [6.07, 6.45) is 2.89. The van der Waals surface area contributed by atoms with Crippen LogP contribution in [0.15, 0.2) is 29.3 Å². The molecule has 6 heteroatoms. The van der Waals surface area contributed by atoms with Crippen LogP contribution in [-0.2, 0) is 17.7 Å². The first-order valence-corrected chi connectivity index (χ1v) is 9.67. The second kappa shape index (κ2) is 9.35. The van der Waals surface area contributed by atoms with E-state index >= 15 is 0 Å². The molecule has 0 amide bonds. The highest BCUT2D eigenvalue weighted by atomic mass is 16.5. The van der Waals surface area contributed by atoms with Crippen molar-refractivity contribution in [3.63, 3.8) is 0 Å². The topological polar surface area (TPSA) is 69.1 Å². The molecule has 2 heterocycles. The lowest BCUT2D eigenvalue weighted by molar-refractivity contribution is 0.127. The van der Waals surface area contributed by atoms with Gasteiger partial charge in [0.25, 0.3) is 0 Å². The minimum Gasteiger partial charge on any atom is -0.396 e. The number of guanidine groups is 1. The van der Waals surface area contributed by atoms with Crippen molar-refractivity contribution in [2.45, 2.75) is 25.8 Å². The van der Waals surface area contributed by atoms with E-state index in [-0.39, 0.29) is 12.0 Å². The lowest BCUT2D eigenvalue weighted by Gasteiger charge is -2.30. The van der Waals surface area contributed by atoms with Gasteiger partial charge in [-0.25, -0.2) is 0 Å². The Labute approximate surface area is 156 Å². The van der Waals surface area contributed by atoms with Crippen LogP contribution in [0.1, 0.15) is 24.0 Å². The molecule has 1 atom stereocenters. The molecule has 1 fully saturated rings. The van der Waals surface area contributed by atoms with Crippen molar-refractivity contribution in [3.8, 4) is 0 Å². The van der Waals surface area contributed by atoms with E-state index in [2.05, 4.69) is 44.8 Å². The monoisotopic (exact) mass is 360 g/mol. The number of aliphatic hydroxyl groups excluding tert-OH is 1. The van der Waals surface area contributed by atoms with Gasteiger partial charge in [-0.3, -0.25) is 9.89 Å². The van der Waals surface area contributed by atoms with Crippen LogP contribution in [0.3, 0.4) is 0 Å². The third-order valence-electron chi connectivity index (χ3n) is 5.61. The van der Waals surface area contributed by atoms with Crippen molar-refractivity contribution in [3.05, 3.63) is 35.4 Å². The van der Waals surface area contributed by atoms with E-state index in [1.165, 1.54) is 11.1 Å². The SMILES string of the molecule is CN=C(NCCN1CCc2ccccc2C1)NCC1(CCO)CCOC1. The fourth-order valence-corrected chi connectivity index (χ4v) is 3.88. The average molecular weight is 361 g/mol. The lowest BCUT2D eigenvalue weighted by Crippen LogP contribution is -2.46. The fourth-order valence-electron chi connectivity index (χ4n) is 3.88. The normalized spacial score (nSPS) is 23.7. The summed E-state index contributed by atoms with van der Waals surface area (Å²) >= 11 is 0. The molecule has 0 aromatic heterocycles. The van der Waals surface area contributed by atoms with E-state index in [9.17, 15) is 5.11 Å². The summed E-state index contributed by atoms with van der Waals surface area (Å²) in [7, 11) is 1.80. The average Bonchev–Trinajstić information content (AvgIpc) is 3.13. The number of aliphatic imine (C=N–C) groups is 1. The molecule has 0 radical (unpaired) electrons. The number of nitrogens with one attached hydrogen (secondary N) is 2. The number of fused-ring (bicyclic) bond motifs is 1. The maximum Gasteiger partial charge on any atom is 0.191 e. The van der Waals surface area contributed by atoms with Gasteiger partial charge >= 0.3 is 0 Å². The molecule has 1 aromatic rings. The summed E-state index contributed by atoms with van der Waals surface area (Å²) < 4.78 is 5.55. The van der Waals surface area contributed by atoms with Gasteiger partial charge in [-0.2, -0.15) is 0 Å². The molecule has 2 aliphatic rings. The van der Waals surface area contributed by atoms with Crippen molar-refractivity contribution < 1.29 is 9.84 Å². The number of hydrogen-bond donors (Lipinski definition) is 3. The van der Waals surface area contributed by atoms with Crippen LogP contribution < -0.4 is 10.6 Å². The molecule has 0 aliphatic carbocycles.